The van der Waals surface area contributed by atoms with Crippen molar-refractivity contribution >= 4 is 15.7 Å². The third kappa shape index (κ3) is 2.88. The topological polar surface area (TPSA) is 72.2 Å². The molecular weight excluding hydrogens is 272 g/mol. The van der Waals surface area contributed by atoms with E-state index in [9.17, 15) is 8.42 Å². The van der Waals surface area contributed by atoms with Crippen molar-refractivity contribution in [3.8, 4) is 0 Å². The maximum Gasteiger partial charge on any atom is 0.241 e. The lowest BCUT2D eigenvalue weighted by Crippen LogP contribution is -2.36. The Morgan fingerprint density at radius 3 is 2.50 bits per heavy atom. The molecule has 0 radical (unpaired) electrons. The maximum atomic E-state index is 12.7. The fraction of sp³-hybridized carbons (Fsp3) is 0.467. The summed E-state index contributed by atoms with van der Waals surface area (Å²) in [5, 5.41) is 0. The van der Waals surface area contributed by atoms with Gasteiger partial charge in [-0.1, -0.05) is 12.2 Å². The maximum absolute atomic E-state index is 12.7. The van der Waals surface area contributed by atoms with Gasteiger partial charge in [0.2, 0.25) is 10.0 Å². The van der Waals surface area contributed by atoms with Gasteiger partial charge in [0.25, 0.3) is 0 Å². The number of sulfonamides is 1. The van der Waals surface area contributed by atoms with Gasteiger partial charge in [0.1, 0.15) is 0 Å². The van der Waals surface area contributed by atoms with Gasteiger partial charge in [0, 0.05) is 11.7 Å². The lowest BCUT2D eigenvalue weighted by Gasteiger charge is -2.22. The van der Waals surface area contributed by atoms with Crippen molar-refractivity contribution in [2.24, 2.45) is 0 Å². The summed E-state index contributed by atoms with van der Waals surface area (Å²) in [7, 11) is -3.53. The van der Waals surface area contributed by atoms with Crippen LogP contribution in [-0.2, 0) is 10.0 Å². The van der Waals surface area contributed by atoms with E-state index in [-0.39, 0.29) is 6.04 Å². The van der Waals surface area contributed by atoms with Crippen molar-refractivity contribution in [2.75, 3.05) is 5.73 Å². The molecule has 0 spiro atoms. The molecule has 0 bridgehead atoms. The quantitative estimate of drug-likeness (QED) is 0.665. The molecule has 110 valence electrons. The van der Waals surface area contributed by atoms with Crippen LogP contribution in [0.1, 0.15) is 36.0 Å². The minimum Gasteiger partial charge on any atom is -0.398 e. The lowest BCUT2D eigenvalue weighted by atomic mass is 10.0. The number of benzene rings is 1. The normalized spacial score (nSPS) is 19.2. The fourth-order valence-electron chi connectivity index (χ4n) is 2.62. The number of nitrogens with one attached hydrogen (secondary N) is 1. The van der Waals surface area contributed by atoms with Gasteiger partial charge < -0.3 is 5.73 Å². The van der Waals surface area contributed by atoms with E-state index in [2.05, 4.69) is 10.8 Å². The molecule has 1 aromatic rings. The molecule has 2 rings (SSSR count). The van der Waals surface area contributed by atoms with Gasteiger partial charge in [-0.15, -0.1) is 0 Å². The molecule has 0 aliphatic heterocycles. The molecule has 5 heteroatoms. The Hall–Kier alpha value is -1.33. The van der Waals surface area contributed by atoms with Gasteiger partial charge in [-0.2, -0.15) is 0 Å². The van der Waals surface area contributed by atoms with E-state index < -0.39 is 10.0 Å². The van der Waals surface area contributed by atoms with Gasteiger partial charge in [0.05, 0.1) is 4.90 Å². The van der Waals surface area contributed by atoms with Crippen molar-refractivity contribution in [3.63, 3.8) is 0 Å². The third-order valence-corrected chi connectivity index (χ3v) is 5.73. The molecule has 1 aliphatic rings. The van der Waals surface area contributed by atoms with Crippen molar-refractivity contribution < 1.29 is 8.42 Å². The van der Waals surface area contributed by atoms with E-state index in [1.54, 1.807) is 6.92 Å². The highest BCUT2D eigenvalue weighted by Gasteiger charge is 2.25. The molecule has 0 fully saturated rings. The van der Waals surface area contributed by atoms with Crippen molar-refractivity contribution in [1.82, 2.24) is 4.72 Å². The van der Waals surface area contributed by atoms with Crippen LogP contribution in [-0.4, -0.2) is 14.5 Å². The molecule has 1 atom stereocenters. The Morgan fingerprint density at radius 2 is 1.90 bits per heavy atom. The van der Waals surface area contributed by atoms with Crippen LogP contribution in [0, 0.1) is 20.8 Å². The predicted octanol–water partition coefficient (Wildman–Crippen LogP) is 2.58. The van der Waals surface area contributed by atoms with Crippen LogP contribution in [0.2, 0.25) is 0 Å². The van der Waals surface area contributed by atoms with Crippen LogP contribution < -0.4 is 10.5 Å². The Balaban J connectivity index is 2.41. The summed E-state index contributed by atoms with van der Waals surface area (Å²) in [6.45, 7) is 5.47. The first kappa shape index (κ1) is 15.1. The number of nitrogen functional groups attached to an aromatic ring is 1. The lowest BCUT2D eigenvalue weighted by molar-refractivity contribution is 0.521. The van der Waals surface area contributed by atoms with Crippen LogP contribution in [0.25, 0.3) is 0 Å². The molecule has 0 heterocycles. The van der Waals surface area contributed by atoms with Crippen LogP contribution in [0.15, 0.2) is 23.1 Å². The summed E-state index contributed by atoms with van der Waals surface area (Å²) in [6, 6.07) is 1.80. The highest BCUT2D eigenvalue weighted by molar-refractivity contribution is 7.89. The standard InChI is InChI=1S/C15H22N2O2S/c1-10-9-14(16)12(3)15(11(10)2)20(18,19)17-13-7-5-4-6-8-13/h4-5,9,13,17H,6-8,16H2,1-3H3. The van der Waals surface area contributed by atoms with Gasteiger partial charge >= 0.3 is 0 Å². The first-order valence-electron chi connectivity index (χ1n) is 6.86. The van der Waals surface area contributed by atoms with Crippen LogP contribution >= 0.6 is 0 Å². The summed E-state index contributed by atoms with van der Waals surface area (Å²) >= 11 is 0. The first-order chi connectivity index (χ1) is 9.33. The Bertz CT molecular complexity index is 622. The van der Waals surface area contributed by atoms with Gasteiger partial charge in [0.15, 0.2) is 0 Å². The first-order valence-corrected chi connectivity index (χ1v) is 8.35. The summed E-state index contributed by atoms with van der Waals surface area (Å²) in [6.07, 6.45) is 6.63. The average molecular weight is 294 g/mol. The van der Waals surface area contributed by atoms with Crippen LogP contribution in [0.3, 0.4) is 0 Å². The minimum absolute atomic E-state index is 0.0227. The molecule has 0 saturated heterocycles. The number of allylic oxidation sites excluding steroid dienone is 1. The highest BCUT2D eigenvalue weighted by Crippen LogP contribution is 2.28. The van der Waals surface area contributed by atoms with Crippen molar-refractivity contribution in [3.05, 3.63) is 34.9 Å². The number of rotatable bonds is 3. The molecule has 1 aliphatic carbocycles. The average Bonchev–Trinajstić information content (AvgIpc) is 2.37. The van der Waals surface area contributed by atoms with E-state index in [0.717, 1.165) is 30.4 Å². The Kier molecular flexibility index (Phi) is 4.20. The van der Waals surface area contributed by atoms with E-state index in [0.29, 0.717) is 16.1 Å². The second kappa shape index (κ2) is 5.58. The SMILES string of the molecule is Cc1cc(N)c(C)c(S(=O)(=O)NC2CC=CCC2)c1C. The van der Waals surface area contributed by atoms with E-state index in [1.807, 2.05) is 26.0 Å². The van der Waals surface area contributed by atoms with Crippen LogP contribution in [0.4, 0.5) is 5.69 Å². The molecule has 0 saturated carbocycles. The van der Waals surface area contributed by atoms with Gasteiger partial charge in [-0.05, 0) is 62.8 Å². The van der Waals surface area contributed by atoms with Gasteiger partial charge in [-0.3, -0.25) is 0 Å². The largest absolute Gasteiger partial charge is 0.398 e. The van der Waals surface area contributed by atoms with Crippen molar-refractivity contribution in [2.45, 2.75) is 51.0 Å². The zero-order chi connectivity index (χ0) is 14.9. The second-order valence-corrected chi connectivity index (χ2v) is 7.12. The van der Waals surface area contributed by atoms with E-state index in [4.69, 9.17) is 5.73 Å². The summed E-state index contributed by atoms with van der Waals surface area (Å²) in [5.41, 5.74) is 8.75. The molecule has 0 aromatic heterocycles. The van der Waals surface area contributed by atoms with E-state index >= 15 is 0 Å². The third-order valence-electron chi connectivity index (χ3n) is 3.94. The molecule has 3 N–H and O–H groups in total. The zero-order valence-electron chi connectivity index (χ0n) is 12.2. The Morgan fingerprint density at radius 1 is 1.20 bits per heavy atom. The number of hydrogen-bond acceptors (Lipinski definition) is 3. The van der Waals surface area contributed by atoms with Crippen molar-refractivity contribution in [1.29, 1.82) is 0 Å². The molecule has 20 heavy (non-hydrogen) atoms. The zero-order valence-corrected chi connectivity index (χ0v) is 13.0. The minimum atomic E-state index is -3.53. The van der Waals surface area contributed by atoms with E-state index in [1.165, 1.54) is 0 Å². The number of aryl methyl sites for hydroxylation is 1. The molecule has 0 amide bonds. The Labute approximate surface area is 121 Å². The summed E-state index contributed by atoms with van der Waals surface area (Å²) in [5.74, 6) is 0. The fourth-order valence-corrected chi connectivity index (χ4v) is 4.48. The number of anilines is 1. The molecule has 4 nitrogen and oxygen atoms in total. The summed E-state index contributed by atoms with van der Waals surface area (Å²) in [4.78, 5) is 0.338. The highest BCUT2D eigenvalue weighted by atomic mass is 32.2. The predicted molar refractivity (Wildman–Crippen MR) is 82.2 cm³/mol. The second-order valence-electron chi connectivity index (χ2n) is 5.46. The smallest absolute Gasteiger partial charge is 0.241 e. The van der Waals surface area contributed by atoms with Crippen LogP contribution in [0.5, 0.6) is 0 Å². The monoisotopic (exact) mass is 294 g/mol. The van der Waals surface area contributed by atoms with Gasteiger partial charge in [-0.25, -0.2) is 13.1 Å². The molecule has 1 unspecified atom stereocenters. The molecular formula is C15H22N2O2S. The summed E-state index contributed by atoms with van der Waals surface area (Å²) < 4.78 is 28.1. The number of nitrogens with two attached hydrogens (primary N) is 1. The number of hydrogen-bond donors (Lipinski definition) is 2. The molecule has 1 aromatic carbocycles.